The van der Waals surface area contributed by atoms with Gasteiger partial charge in [-0.05, 0) is 127 Å². The highest BCUT2D eigenvalue weighted by molar-refractivity contribution is 7.25. The molecular weight excluding hydrogens is 803 g/mol. The van der Waals surface area contributed by atoms with Crippen LogP contribution < -0.4 is 4.90 Å². The third kappa shape index (κ3) is 6.69. The minimum absolute atomic E-state index is 0.0598. The van der Waals surface area contributed by atoms with Crippen LogP contribution >= 0.6 is 11.3 Å². The van der Waals surface area contributed by atoms with Crippen LogP contribution in [0.4, 0.5) is 17.1 Å². The molecule has 0 bridgehead atoms. The van der Waals surface area contributed by atoms with Crippen LogP contribution in [0.1, 0.15) is 25.0 Å². The molecule has 308 valence electrons. The van der Waals surface area contributed by atoms with Crippen molar-refractivity contribution >= 4 is 48.6 Å². The van der Waals surface area contributed by atoms with E-state index in [0.717, 1.165) is 22.6 Å². The van der Waals surface area contributed by atoms with E-state index in [4.69, 9.17) is 0 Å². The first-order chi connectivity index (χ1) is 32.0. The third-order valence-corrected chi connectivity index (χ3v) is 14.7. The summed E-state index contributed by atoms with van der Waals surface area (Å²) in [5.74, 6) is 0. The van der Waals surface area contributed by atoms with Gasteiger partial charge >= 0.3 is 0 Å². The van der Waals surface area contributed by atoms with E-state index in [1.807, 2.05) is 11.3 Å². The fraction of sp³-hybridized carbons (Fsp3) is 0.0476. The van der Waals surface area contributed by atoms with Crippen molar-refractivity contribution in [3.05, 3.63) is 248 Å². The smallest absolute Gasteiger partial charge is 0.0540 e. The molecule has 0 spiro atoms. The molecule has 11 aromatic rings. The van der Waals surface area contributed by atoms with Crippen molar-refractivity contribution < 1.29 is 0 Å². The summed E-state index contributed by atoms with van der Waals surface area (Å²) in [7, 11) is 0. The number of rotatable bonds is 8. The zero-order valence-corrected chi connectivity index (χ0v) is 37.2. The Hall–Kier alpha value is -7.78. The molecule has 1 aromatic heterocycles. The van der Waals surface area contributed by atoms with Gasteiger partial charge in [-0.1, -0.05) is 196 Å². The fourth-order valence-corrected chi connectivity index (χ4v) is 11.3. The number of para-hydroxylation sites is 1. The molecule has 2 heteroatoms. The number of anilines is 3. The average molecular weight is 848 g/mol. The number of benzene rings is 10. The predicted molar refractivity (Wildman–Crippen MR) is 279 cm³/mol. The molecule has 10 aromatic carbocycles. The molecule has 1 nitrogen and oxygen atoms in total. The molecule has 0 atom stereocenters. The minimum atomic E-state index is -0.0598. The van der Waals surface area contributed by atoms with E-state index in [9.17, 15) is 0 Å². The highest BCUT2D eigenvalue weighted by Gasteiger charge is 2.35. The van der Waals surface area contributed by atoms with Gasteiger partial charge in [0.2, 0.25) is 0 Å². The minimum Gasteiger partial charge on any atom is -0.310 e. The van der Waals surface area contributed by atoms with Crippen molar-refractivity contribution in [2.45, 2.75) is 19.3 Å². The molecular formula is C63H45NS. The maximum Gasteiger partial charge on any atom is 0.0540 e. The Morgan fingerprint density at radius 2 is 0.785 bits per heavy atom. The van der Waals surface area contributed by atoms with E-state index in [0.29, 0.717) is 0 Å². The molecule has 65 heavy (non-hydrogen) atoms. The summed E-state index contributed by atoms with van der Waals surface area (Å²) < 4.78 is 2.64. The normalized spacial score (nSPS) is 12.6. The summed E-state index contributed by atoms with van der Waals surface area (Å²) in [6.07, 6.45) is 0. The Bertz CT molecular complexity index is 3560. The van der Waals surface area contributed by atoms with Crippen LogP contribution in [0.25, 0.3) is 86.9 Å². The summed E-state index contributed by atoms with van der Waals surface area (Å²) in [5, 5.41) is 2.63. The van der Waals surface area contributed by atoms with Gasteiger partial charge in [-0.25, -0.2) is 0 Å². The molecule has 0 amide bonds. The summed E-state index contributed by atoms with van der Waals surface area (Å²) >= 11 is 1.86. The van der Waals surface area contributed by atoms with Gasteiger partial charge in [0.15, 0.2) is 0 Å². The average Bonchev–Trinajstić information content (AvgIpc) is 3.86. The number of hydrogen-bond donors (Lipinski definition) is 0. The van der Waals surface area contributed by atoms with Gasteiger partial charge in [-0.2, -0.15) is 0 Å². The molecule has 0 N–H and O–H groups in total. The molecule has 0 saturated carbocycles. The van der Waals surface area contributed by atoms with Crippen molar-refractivity contribution in [3.63, 3.8) is 0 Å². The highest BCUT2D eigenvalue weighted by Crippen LogP contribution is 2.50. The Labute approximate surface area is 385 Å². The van der Waals surface area contributed by atoms with Gasteiger partial charge in [0.25, 0.3) is 0 Å². The van der Waals surface area contributed by atoms with Gasteiger partial charge in [0.05, 0.1) is 5.69 Å². The van der Waals surface area contributed by atoms with Crippen molar-refractivity contribution in [1.82, 2.24) is 0 Å². The van der Waals surface area contributed by atoms with E-state index in [1.165, 1.54) is 92.5 Å². The van der Waals surface area contributed by atoms with Gasteiger partial charge in [0, 0.05) is 42.5 Å². The number of thiophene rings is 1. The molecule has 0 aliphatic heterocycles. The van der Waals surface area contributed by atoms with E-state index in [-0.39, 0.29) is 5.41 Å². The van der Waals surface area contributed by atoms with Crippen LogP contribution in [-0.4, -0.2) is 0 Å². The summed E-state index contributed by atoms with van der Waals surface area (Å²) in [6.45, 7) is 4.71. The van der Waals surface area contributed by atoms with Crippen molar-refractivity contribution in [3.8, 4) is 66.8 Å². The lowest BCUT2D eigenvalue weighted by molar-refractivity contribution is 0.660. The van der Waals surface area contributed by atoms with E-state index >= 15 is 0 Å². The lowest BCUT2D eigenvalue weighted by atomic mass is 9.81. The molecule has 0 fully saturated rings. The first-order valence-electron chi connectivity index (χ1n) is 22.5. The Morgan fingerprint density at radius 1 is 0.308 bits per heavy atom. The lowest BCUT2D eigenvalue weighted by Crippen LogP contribution is -2.14. The SMILES string of the molecule is CC1(C)c2ccccc2-c2ccc(-c3ccc(N(c4ccc(-c5ccc6sc7ccccc7c6c5)cc4)c4ccccc4-c4ccccc4-c4ccccc4-c4ccccc4)cc3)cc21. The first kappa shape index (κ1) is 38.9. The second-order valence-electron chi connectivity index (χ2n) is 17.6. The molecule has 0 saturated heterocycles. The maximum absolute atomic E-state index is 2.43. The van der Waals surface area contributed by atoms with Gasteiger partial charge in [-0.15, -0.1) is 11.3 Å². The van der Waals surface area contributed by atoms with Crippen molar-refractivity contribution in [1.29, 1.82) is 0 Å². The summed E-state index contributed by atoms with van der Waals surface area (Å²) in [5.41, 5.74) is 20.7. The molecule has 1 heterocycles. The van der Waals surface area contributed by atoms with Gasteiger partial charge in [-0.3, -0.25) is 0 Å². The van der Waals surface area contributed by atoms with Crippen LogP contribution in [0.2, 0.25) is 0 Å². The van der Waals surface area contributed by atoms with Crippen molar-refractivity contribution in [2.75, 3.05) is 4.90 Å². The van der Waals surface area contributed by atoms with Crippen LogP contribution in [0, 0.1) is 0 Å². The van der Waals surface area contributed by atoms with E-state index in [2.05, 4.69) is 255 Å². The quantitative estimate of drug-likeness (QED) is 0.147. The summed E-state index contributed by atoms with van der Waals surface area (Å²) in [4.78, 5) is 2.43. The predicted octanol–water partition coefficient (Wildman–Crippen LogP) is 18.2. The zero-order chi connectivity index (χ0) is 43.5. The summed E-state index contributed by atoms with van der Waals surface area (Å²) in [6, 6.07) is 87.1. The van der Waals surface area contributed by atoms with Crippen LogP contribution in [0.3, 0.4) is 0 Å². The molecule has 0 unspecified atom stereocenters. The second-order valence-corrected chi connectivity index (χ2v) is 18.7. The topological polar surface area (TPSA) is 3.24 Å². The molecule has 12 rings (SSSR count). The highest BCUT2D eigenvalue weighted by atomic mass is 32.1. The van der Waals surface area contributed by atoms with Crippen molar-refractivity contribution in [2.24, 2.45) is 0 Å². The Kier molecular flexibility index (Phi) is 9.44. The Morgan fingerprint density at radius 3 is 1.49 bits per heavy atom. The molecule has 1 aliphatic carbocycles. The number of nitrogens with zero attached hydrogens (tertiary/aromatic N) is 1. The fourth-order valence-electron chi connectivity index (χ4n) is 10.3. The zero-order valence-electron chi connectivity index (χ0n) is 36.4. The number of fused-ring (bicyclic) bond motifs is 6. The lowest BCUT2D eigenvalue weighted by Gasteiger charge is -2.29. The third-order valence-electron chi connectivity index (χ3n) is 13.5. The Balaban J connectivity index is 0.980. The standard InChI is InChI=1S/C63H45NS/c1-63(2)58-25-13-10-22-53(58)54-38-32-46(41-59(54)63)43-30-36-48(37-31-43)64(47-34-28-42(29-35-47)45-33-39-62-57(40-45)56-24-12-15-27-61(56)65-62)60-26-14-11-23-55(60)52-21-9-8-20-51(52)50-19-7-6-18-49(50)44-16-4-3-5-17-44/h3-41H,1-2H3. The molecule has 0 radical (unpaired) electrons. The van der Waals surface area contributed by atoms with Crippen LogP contribution in [0.5, 0.6) is 0 Å². The number of hydrogen-bond acceptors (Lipinski definition) is 2. The van der Waals surface area contributed by atoms with Crippen LogP contribution in [0.15, 0.2) is 237 Å². The van der Waals surface area contributed by atoms with Gasteiger partial charge in [0.1, 0.15) is 0 Å². The van der Waals surface area contributed by atoms with E-state index < -0.39 is 0 Å². The second kappa shape index (κ2) is 15.8. The largest absolute Gasteiger partial charge is 0.310 e. The van der Waals surface area contributed by atoms with Gasteiger partial charge < -0.3 is 4.90 Å². The van der Waals surface area contributed by atoms with E-state index in [1.54, 1.807) is 0 Å². The first-order valence-corrected chi connectivity index (χ1v) is 23.3. The maximum atomic E-state index is 2.43. The molecule has 1 aliphatic rings. The monoisotopic (exact) mass is 847 g/mol. The van der Waals surface area contributed by atoms with Crippen LogP contribution in [-0.2, 0) is 5.41 Å².